The van der Waals surface area contributed by atoms with Crippen LogP contribution in [0.2, 0.25) is 0 Å². The normalized spacial score (nSPS) is 12.5. The van der Waals surface area contributed by atoms with E-state index in [1.807, 2.05) is 36.4 Å². The second kappa shape index (κ2) is 10.5. The largest absolute Gasteiger partial charge is 0.452 e. The van der Waals surface area contributed by atoms with Crippen LogP contribution in [-0.2, 0) is 30.9 Å². The monoisotopic (exact) mass is 416 g/mol. The van der Waals surface area contributed by atoms with Crippen LogP contribution in [0.15, 0.2) is 66.1 Å². The molecule has 7 nitrogen and oxygen atoms in total. The molecule has 2 aromatic rings. The first-order valence-corrected chi connectivity index (χ1v) is 10.5. The number of ether oxygens (including phenoxy) is 1. The third kappa shape index (κ3) is 7.89. The van der Waals surface area contributed by atoms with E-state index in [0.717, 1.165) is 11.0 Å². The van der Waals surface area contributed by atoms with Gasteiger partial charge in [0.05, 0.1) is 0 Å². The highest BCUT2D eigenvalue weighted by Gasteiger charge is 2.22. The number of carbonyl (C=O) groups is 2. The molecular weight excluding hydrogens is 392 g/mol. The van der Waals surface area contributed by atoms with Crippen LogP contribution in [0.5, 0.6) is 0 Å². The topological polar surface area (TPSA) is 92.8 Å². The van der Waals surface area contributed by atoms with E-state index in [1.54, 1.807) is 31.3 Å². The van der Waals surface area contributed by atoms with Crippen molar-refractivity contribution < 1.29 is 22.7 Å². The van der Waals surface area contributed by atoms with Gasteiger partial charge in [-0.2, -0.15) is 0 Å². The zero-order valence-electron chi connectivity index (χ0n) is 16.3. The van der Waals surface area contributed by atoms with Crippen LogP contribution in [0.4, 0.5) is 0 Å². The van der Waals surface area contributed by atoms with Crippen molar-refractivity contribution in [3.05, 3.63) is 77.2 Å². The minimum atomic E-state index is -3.81. The second-order valence-corrected chi connectivity index (χ2v) is 8.04. The van der Waals surface area contributed by atoms with Crippen LogP contribution >= 0.6 is 0 Å². The highest BCUT2D eigenvalue weighted by Crippen LogP contribution is 2.06. The lowest BCUT2D eigenvalue weighted by Gasteiger charge is -2.21. The summed E-state index contributed by atoms with van der Waals surface area (Å²) in [7, 11) is -2.21. The van der Waals surface area contributed by atoms with E-state index < -0.39 is 28.6 Å². The fourth-order valence-electron chi connectivity index (χ4n) is 2.47. The summed E-state index contributed by atoms with van der Waals surface area (Å²) in [6, 6.07) is 18.3. The lowest BCUT2D eigenvalue weighted by molar-refractivity contribution is -0.157. The van der Waals surface area contributed by atoms with Crippen molar-refractivity contribution in [1.29, 1.82) is 0 Å². The van der Waals surface area contributed by atoms with E-state index in [4.69, 9.17) is 4.74 Å². The fraction of sp³-hybridized carbons (Fsp3) is 0.238. The number of amides is 1. The SMILES string of the molecule is C[C@@H](OC(=O)CNS(=O)(=O)/C=C/c1ccccc1)C(=O)N(C)Cc1ccccc1. The van der Waals surface area contributed by atoms with Crippen LogP contribution in [0.1, 0.15) is 18.1 Å². The van der Waals surface area contributed by atoms with Gasteiger partial charge in [-0.3, -0.25) is 9.59 Å². The van der Waals surface area contributed by atoms with Crippen LogP contribution in [0.25, 0.3) is 6.08 Å². The molecule has 29 heavy (non-hydrogen) atoms. The zero-order chi connectivity index (χ0) is 21.3. The number of nitrogens with one attached hydrogen (secondary N) is 1. The number of rotatable bonds is 9. The summed E-state index contributed by atoms with van der Waals surface area (Å²) in [5, 5.41) is 0.970. The van der Waals surface area contributed by atoms with E-state index in [2.05, 4.69) is 4.72 Å². The van der Waals surface area contributed by atoms with E-state index >= 15 is 0 Å². The Balaban J connectivity index is 1.81. The molecule has 0 aliphatic heterocycles. The Kier molecular flexibility index (Phi) is 8.11. The molecule has 8 heteroatoms. The first kappa shape index (κ1) is 22.3. The molecule has 0 heterocycles. The van der Waals surface area contributed by atoms with Gasteiger partial charge in [0.2, 0.25) is 10.0 Å². The van der Waals surface area contributed by atoms with Gasteiger partial charge in [-0.05, 0) is 24.1 Å². The predicted molar refractivity (Wildman–Crippen MR) is 111 cm³/mol. The van der Waals surface area contributed by atoms with Crippen molar-refractivity contribution in [2.24, 2.45) is 0 Å². The summed E-state index contributed by atoms with van der Waals surface area (Å²) < 4.78 is 31.1. The molecule has 1 atom stereocenters. The van der Waals surface area contributed by atoms with Gasteiger partial charge in [0.15, 0.2) is 6.10 Å². The van der Waals surface area contributed by atoms with Gasteiger partial charge in [-0.25, -0.2) is 13.1 Å². The maximum absolute atomic E-state index is 12.3. The number of hydrogen-bond acceptors (Lipinski definition) is 5. The summed E-state index contributed by atoms with van der Waals surface area (Å²) in [6.45, 7) is 1.26. The molecule has 1 amide bonds. The number of sulfonamides is 1. The molecule has 2 rings (SSSR count). The van der Waals surface area contributed by atoms with Crippen molar-refractivity contribution >= 4 is 28.0 Å². The molecular formula is C21H24N2O5S. The minimum absolute atomic E-state index is 0.373. The quantitative estimate of drug-likeness (QED) is 0.633. The number of esters is 1. The van der Waals surface area contributed by atoms with E-state index in [9.17, 15) is 18.0 Å². The number of nitrogens with zero attached hydrogens (tertiary/aromatic N) is 1. The molecule has 0 saturated heterocycles. The van der Waals surface area contributed by atoms with Crippen molar-refractivity contribution in [3.8, 4) is 0 Å². The predicted octanol–water partition coefficient (Wildman–Crippen LogP) is 2.17. The maximum Gasteiger partial charge on any atom is 0.321 e. The Labute approximate surface area is 171 Å². The van der Waals surface area contributed by atoms with Crippen LogP contribution in [-0.4, -0.2) is 44.9 Å². The molecule has 0 saturated carbocycles. The average molecular weight is 416 g/mol. The molecule has 1 N–H and O–H groups in total. The van der Waals surface area contributed by atoms with Gasteiger partial charge in [0.1, 0.15) is 6.54 Å². The van der Waals surface area contributed by atoms with Crippen molar-refractivity contribution in [2.45, 2.75) is 19.6 Å². The molecule has 0 radical (unpaired) electrons. The average Bonchev–Trinajstić information content (AvgIpc) is 2.72. The lowest BCUT2D eigenvalue weighted by atomic mass is 10.2. The van der Waals surface area contributed by atoms with Gasteiger partial charge in [-0.1, -0.05) is 60.7 Å². The molecule has 0 bridgehead atoms. The minimum Gasteiger partial charge on any atom is -0.452 e. The zero-order valence-corrected chi connectivity index (χ0v) is 17.1. The first-order valence-electron chi connectivity index (χ1n) is 8.98. The summed E-state index contributed by atoms with van der Waals surface area (Å²) in [5.74, 6) is -1.22. The van der Waals surface area contributed by atoms with Crippen LogP contribution in [0, 0.1) is 0 Å². The van der Waals surface area contributed by atoms with Gasteiger partial charge in [0.25, 0.3) is 5.91 Å². The Morgan fingerprint density at radius 2 is 1.66 bits per heavy atom. The van der Waals surface area contributed by atoms with E-state index in [1.165, 1.54) is 17.9 Å². The summed E-state index contributed by atoms with van der Waals surface area (Å²) >= 11 is 0. The fourth-order valence-corrected chi connectivity index (χ4v) is 3.23. The van der Waals surface area contributed by atoms with Crippen molar-refractivity contribution in [2.75, 3.05) is 13.6 Å². The molecule has 0 spiro atoms. The number of carbonyl (C=O) groups excluding carboxylic acids is 2. The van der Waals surface area contributed by atoms with Crippen molar-refractivity contribution in [1.82, 2.24) is 9.62 Å². The van der Waals surface area contributed by atoms with Crippen molar-refractivity contribution in [3.63, 3.8) is 0 Å². The lowest BCUT2D eigenvalue weighted by Crippen LogP contribution is -2.39. The second-order valence-electron chi connectivity index (χ2n) is 6.39. The summed E-state index contributed by atoms with van der Waals surface area (Å²) in [6.07, 6.45) is 0.388. The Bertz CT molecular complexity index is 944. The smallest absolute Gasteiger partial charge is 0.321 e. The Morgan fingerprint density at radius 1 is 1.07 bits per heavy atom. The standard InChI is InChI=1S/C21H24N2O5S/c1-17(21(25)23(2)16-19-11-7-4-8-12-19)28-20(24)15-22-29(26,27)14-13-18-9-5-3-6-10-18/h3-14,17,22H,15-16H2,1-2H3/b14-13+/t17-/m1/s1. The third-order valence-electron chi connectivity index (χ3n) is 3.95. The van der Waals surface area contributed by atoms with Gasteiger partial charge in [0, 0.05) is 19.0 Å². The van der Waals surface area contributed by atoms with E-state index in [0.29, 0.717) is 12.1 Å². The first-order chi connectivity index (χ1) is 13.8. The molecule has 2 aromatic carbocycles. The van der Waals surface area contributed by atoms with Crippen LogP contribution < -0.4 is 4.72 Å². The molecule has 0 fully saturated rings. The number of likely N-dealkylation sites (N-methyl/N-ethyl adjacent to an activating group) is 1. The third-order valence-corrected chi connectivity index (χ3v) is 4.99. The summed E-state index contributed by atoms with van der Waals surface area (Å²) in [4.78, 5) is 25.7. The highest BCUT2D eigenvalue weighted by molar-refractivity contribution is 7.92. The molecule has 0 aliphatic carbocycles. The number of benzene rings is 2. The molecule has 0 unspecified atom stereocenters. The van der Waals surface area contributed by atoms with E-state index in [-0.39, 0.29) is 5.91 Å². The number of hydrogen-bond donors (Lipinski definition) is 1. The Morgan fingerprint density at radius 3 is 2.28 bits per heavy atom. The van der Waals surface area contributed by atoms with Gasteiger partial charge < -0.3 is 9.64 Å². The molecule has 0 aromatic heterocycles. The highest BCUT2D eigenvalue weighted by atomic mass is 32.2. The summed E-state index contributed by atoms with van der Waals surface area (Å²) in [5.41, 5.74) is 1.65. The Hall–Kier alpha value is -2.97. The molecule has 154 valence electrons. The molecule has 0 aliphatic rings. The van der Waals surface area contributed by atoms with Gasteiger partial charge >= 0.3 is 5.97 Å². The van der Waals surface area contributed by atoms with Gasteiger partial charge in [-0.15, -0.1) is 0 Å². The van der Waals surface area contributed by atoms with Crippen LogP contribution in [0.3, 0.4) is 0 Å². The maximum atomic E-state index is 12.3.